The van der Waals surface area contributed by atoms with E-state index in [2.05, 4.69) is 31.5 Å². The lowest BCUT2D eigenvalue weighted by Crippen LogP contribution is -2.49. The number of alkyl carbamates (subject to hydrolysis) is 1. The zero-order valence-corrected chi connectivity index (χ0v) is 23.2. The zero-order chi connectivity index (χ0) is 27.6. The molecular weight excluding hydrogens is 496 g/mol. The van der Waals surface area contributed by atoms with Gasteiger partial charge in [-0.15, -0.1) is 0 Å². The molecule has 5 rings (SSSR count). The number of carbonyl (C=O) groups is 3. The standard InChI is InChI=1S/C29H40N6O4/c1-29(2,3)39-28(38)31-21-9-7-20(8-10-21)19-33-13-15-34(16-14-33)24-6-4-5-22-23(24)17-30-18-25(22)35-12-11-26(36)32-27(35)37/h4-6,17-18,20-21H,7-16,19H2,1-3H3,(H,31,38)(H,32,36,37)/t20-,21-. The minimum absolute atomic E-state index is 0.203. The van der Waals surface area contributed by atoms with Gasteiger partial charge in [0.25, 0.3) is 0 Å². The maximum absolute atomic E-state index is 12.5. The molecular formula is C29H40N6O4. The smallest absolute Gasteiger partial charge is 0.407 e. The summed E-state index contributed by atoms with van der Waals surface area (Å²) in [7, 11) is 0. The Kier molecular flexibility index (Phi) is 7.93. The van der Waals surface area contributed by atoms with E-state index in [9.17, 15) is 14.4 Å². The van der Waals surface area contributed by atoms with E-state index in [4.69, 9.17) is 4.74 Å². The van der Waals surface area contributed by atoms with Gasteiger partial charge in [-0.05, 0) is 58.4 Å². The topological polar surface area (TPSA) is 107 Å². The van der Waals surface area contributed by atoms with Gasteiger partial charge < -0.3 is 15.0 Å². The van der Waals surface area contributed by atoms with Crippen LogP contribution >= 0.6 is 0 Å². The van der Waals surface area contributed by atoms with Gasteiger partial charge in [-0.3, -0.25) is 24.9 Å². The lowest BCUT2D eigenvalue weighted by Gasteiger charge is -2.39. The van der Waals surface area contributed by atoms with Gasteiger partial charge >= 0.3 is 12.1 Å². The van der Waals surface area contributed by atoms with Crippen molar-refractivity contribution in [1.82, 2.24) is 20.5 Å². The van der Waals surface area contributed by atoms with Crippen LogP contribution in [0.4, 0.5) is 21.0 Å². The summed E-state index contributed by atoms with van der Waals surface area (Å²) in [5.74, 6) is 0.411. The molecule has 0 radical (unpaired) electrons. The maximum atomic E-state index is 12.5. The van der Waals surface area contributed by atoms with Crippen LogP contribution in [-0.4, -0.2) is 78.8 Å². The normalized spacial score (nSPS) is 23.1. The number of imide groups is 1. The Morgan fingerprint density at radius 1 is 1.00 bits per heavy atom. The van der Waals surface area contributed by atoms with E-state index >= 15 is 0 Å². The second-order valence-electron chi connectivity index (χ2n) is 11.9. The van der Waals surface area contributed by atoms with Crippen molar-refractivity contribution in [3.05, 3.63) is 30.6 Å². The minimum atomic E-state index is -0.472. The van der Waals surface area contributed by atoms with Crippen molar-refractivity contribution in [2.24, 2.45) is 5.92 Å². The van der Waals surface area contributed by atoms with Gasteiger partial charge in [-0.1, -0.05) is 12.1 Å². The number of hydrogen-bond acceptors (Lipinski definition) is 7. The van der Waals surface area contributed by atoms with Crippen LogP contribution in [0.25, 0.3) is 10.8 Å². The van der Waals surface area contributed by atoms with E-state index in [0.717, 1.165) is 80.6 Å². The van der Waals surface area contributed by atoms with Gasteiger partial charge in [0.1, 0.15) is 5.60 Å². The second-order valence-corrected chi connectivity index (χ2v) is 11.9. The van der Waals surface area contributed by atoms with Crippen LogP contribution < -0.4 is 20.4 Å². The number of anilines is 2. The summed E-state index contributed by atoms with van der Waals surface area (Å²) in [5, 5.41) is 7.43. The number of hydrogen-bond donors (Lipinski definition) is 2. The monoisotopic (exact) mass is 536 g/mol. The predicted octanol–water partition coefficient (Wildman–Crippen LogP) is 3.89. The number of nitrogens with one attached hydrogen (secondary N) is 2. The van der Waals surface area contributed by atoms with E-state index in [-0.39, 0.29) is 24.5 Å². The van der Waals surface area contributed by atoms with Gasteiger partial charge in [-0.2, -0.15) is 0 Å². The summed E-state index contributed by atoms with van der Waals surface area (Å²) in [4.78, 5) is 47.2. The number of nitrogens with zero attached hydrogens (tertiary/aromatic N) is 4. The Balaban J connectivity index is 1.15. The summed E-state index contributed by atoms with van der Waals surface area (Å²) >= 11 is 0. The van der Waals surface area contributed by atoms with Crippen LogP contribution in [0.3, 0.4) is 0 Å². The number of aromatic nitrogens is 1. The van der Waals surface area contributed by atoms with Gasteiger partial charge in [-0.25, -0.2) is 9.59 Å². The molecule has 2 N–H and O–H groups in total. The molecule has 3 fully saturated rings. The fourth-order valence-electron chi connectivity index (χ4n) is 5.95. The minimum Gasteiger partial charge on any atom is -0.444 e. The fourth-order valence-corrected chi connectivity index (χ4v) is 5.95. The van der Waals surface area contributed by atoms with Crippen LogP contribution in [0.2, 0.25) is 0 Å². The van der Waals surface area contributed by atoms with Gasteiger partial charge in [0, 0.05) is 74.4 Å². The number of urea groups is 1. The molecule has 0 spiro atoms. The third kappa shape index (κ3) is 6.61. The van der Waals surface area contributed by atoms with E-state index < -0.39 is 11.6 Å². The number of pyridine rings is 1. The van der Waals surface area contributed by atoms with Crippen molar-refractivity contribution in [3.63, 3.8) is 0 Å². The van der Waals surface area contributed by atoms with Crippen molar-refractivity contribution >= 4 is 40.2 Å². The molecule has 0 bridgehead atoms. The summed E-state index contributed by atoms with van der Waals surface area (Å²) < 4.78 is 5.41. The highest BCUT2D eigenvalue weighted by Gasteiger charge is 2.29. The first-order valence-electron chi connectivity index (χ1n) is 14.1. The predicted molar refractivity (Wildman–Crippen MR) is 151 cm³/mol. The van der Waals surface area contributed by atoms with Crippen molar-refractivity contribution in [1.29, 1.82) is 0 Å². The molecule has 2 aliphatic heterocycles. The van der Waals surface area contributed by atoms with E-state index in [1.165, 1.54) is 0 Å². The molecule has 1 aliphatic carbocycles. The fraction of sp³-hybridized carbons (Fsp3) is 0.586. The first-order chi connectivity index (χ1) is 18.7. The number of carbonyl (C=O) groups excluding carboxylic acids is 3. The van der Waals surface area contributed by atoms with Gasteiger partial charge in [0.2, 0.25) is 5.91 Å². The van der Waals surface area contributed by atoms with Gasteiger partial charge in [0.05, 0.1) is 11.9 Å². The van der Waals surface area contributed by atoms with Crippen molar-refractivity contribution in [2.75, 3.05) is 49.1 Å². The largest absolute Gasteiger partial charge is 0.444 e. The van der Waals surface area contributed by atoms with Crippen LogP contribution in [0.15, 0.2) is 30.6 Å². The molecule has 3 heterocycles. The summed E-state index contributed by atoms with van der Waals surface area (Å²) in [6.07, 6.45) is 7.78. The number of amides is 4. The molecule has 2 aromatic rings. The number of rotatable bonds is 5. The molecule has 10 heteroatoms. The Morgan fingerprint density at radius 2 is 1.74 bits per heavy atom. The Bertz CT molecular complexity index is 1210. The molecule has 2 saturated heterocycles. The molecule has 1 aromatic heterocycles. The van der Waals surface area contributed by atoms with E-state index in [0.29, 0.717) is 12.5 Å². The lowest BCUT2D eigenvalue weighted by atomic mass is 9.85. The molecule has 0 atom stereocenters. The average molecular weight is 537 g/mol. The SMILES string of the molecule is CC(C)(C)OC(=O)N[C@H]1CC[C@H](CN2CCN(c3cccc4c(N5CCC(=O)NC5=O)cncc34)CC2)CC1. The van der Waals surface area contributed by atoms with E-state index in [1.54, 1.807) is 11.1 Å². The number of fused-ring (bicyclic) bond motifs is 1. The van der Waals surface area contributed by atoms with Gasteiger partial charge in [0.15, 0.2) is 0 Å². The van der Waals surface area contributed by atoms with E-state index in [1.807, 2.05) is 39.1 Å². The van der Waals surface area contributed by atoms with Crippen LogP contribution in [0.5, 0.6) is 0 Å². The molecule has 3 aliphatic rings. The first kappa shape index (κ1) is 27.2. The third-order valence-electron chi connectivity index (χ3n) is 7.90. The summed E-state index contributed by atoms with van der Waals surface area (Å²) in [5.41, 5.74) is 1.39. The number of piperazine rings is 1. The summed E-state index contributed by atoms with van der Waals surface area (Å²) in [6.45, 7) is 11.0. The van der Waals surface area contributed by atoms with Crippen molar-refractivity contribution < 1.29 is 19.1 Å². The molecule has 210 valence electrons. The second kappa shape index (κ2) is 11.4. The average Bonchev–Trinajstić information content (AvgIpc) is 2.89. The highest BCUT2D eigenvalue weighted by molar-refractivity contribution is 6.11. The quantitative estimate of drug-likeness (QED) is 0.597. The third-order valence-corrected chi connectivity index (χ3v) is 7.90. The van der Waals surface area contributed by atoms with Crippen LogP contribution in [0, 0.1) is 5.92 Å². The number of benzene rings is 1. The lowest BCUT2D eigenvalue weighted by molar-refractivity contribution is -0.120. The molecule has 1 aromatic carbocycles. The van der Waals surface area contributed by atoms with Crippen LogP contribution in [-0.2, 0) is 9.53 Å². The highest BCUT2D eigenvalue weighted by atomic mass is 16.6. The highest BCUT2D eigenvalue weighted by Crippen LogP contribution is 2.34. The Hall–Kier alpha value is -3.40. The molecule has 1 saturated carbocycles. The molecule has 10 nitrogen and oxygen atoms in total. The Morgan fingerprint density at radius 3 is 2.44 bits per heavy atom. The van der Waals surface area contributed by atoms with Crippen LogP contribution in [0.1, 0.15) is 52.9 Å². The molecule has 39 heavy (non-hydrogen) atoms. The molecule has 0 unspecified atom stereocenters. The Labute approximate surface area is 230 Å². The zero-order valence-electron chi connectivity index (χ0n) is 23.2. The first-order valence-corrected chi connectivity index (χ1v) is 14.1. The number of ether oxygens (including phenoxy) is 1. The van der Waals surface area contributed by atoms with Crippen molar-refractivity contribution in [2.45, 2.75) is 64.5 Å². The maximum Gasteiger partial charge on any atom is 0.407 e. The molecule has 4 amide bonds. The van der Waals surface area contributed by atoms with Crippen molar-refractivity contribution in [3.8, 4) is 0 Å². The summed E-state index contributed by atoms with van der Waals surface area (Å²) in [6, 6.07) is 5.99.